The summed E-state index contributed by atoms with van der Waals surface area (Å²) in [6.07, 6.45) is 5.90. The highest BCUT2D eigenvalue weighted by atomic mass is 32.2. The third kappa shape index (κ3) is 4.03. The molecule has 31 heavy (non-hydrogen) atoms. The van der Waals surface area contributed by atoms with Gasteiger partial charge in [0.15, 0.2) is 5.76 Å². The minimum Gasteiger partial charge on any atom is -0.356 e. The predicted molar refractivity (Wildman–Crippen MR) is 116 cm³/mol. The molecule has 0 radical (unpaired) electrons. The molecule has 3 heterocycles. The molecule has 1 saturated heterocycles. The smallest absolute Gasteiger partial charge is 0.211 e. The average Bonchev–Trinajstić information content (AvgIpc) is 3.23. The maximum absolute atomic E-state index is 11.6. The van der Waals surface area contributed by atoms with Crippen LogP contribution in [-0.4, -0.2) is 46.8 Å². The van der Waals surface area contributed by atoms with Crippen molar-refractivity contribution < 1.29 is 12.9 Å². The molecule has 1 aromatic carbocycles. The second kappa shape index (κ2) is 7.66. The van der Waals surface area contributed by atoms with Crippen molar-refractivity contribution in [3.63, 3.8) is 0 Å². The molecular formula is C23H24N4O3S. The number of aromatic nitrogens is 3. The Bertz CT molecular complexity index is 1250. The molecule has 1 aliphatic carbocycles. The van der Waals surface area contributed by atoms with Crippen molar-refractivity contribution in [2.24, 2.45) is 17.8 Å². The average molecular weight is 437 g/mol. The van der Waals surface area contributed by atoms with E-state index in [1.807, 2.05) is 36.5 Å². The summed E-state index contributed by atoms with van der Waals surface area (Å²) in [4.78, 5) is 4.34. The fourth-order valence-corrected chi connectivity index (χ4v) is 5.24. The molecule has 0 bridgehead atoms. The highest BCUT2D eigenvalue weighted by molar-refractivity contribution is 7.88. The zero-order valence-corrected chi connectivity index (χ0v) is 18.3. The van der Waals surface area contributed by atoms with Gasteiger partial charge in [0, 0.05) is 55.0 Å². The molecule has 2 fully saturated rings. The molecule has 160 valence electrons. The maximum Gasteiger partial charge on any atom is 0.211 e. The van der Waals surface area contributed by atoms with Gasteiger partial charge >= 0.3 is 0 Å². The van der Waals surface area contributed by atoms with Crippen molar-refractivity contribution in [3.05, 3.63) is 59.8 Å². The van der Waals surface area contributed by atoms with Gasteiger partial charge in [-0.25, -0.2) is 17.7 Å². The Kier molecular flexibility index (Phi) is 4.95. The first kappa shape index (κ1) is 20.0. The number of hydrogen-bond acceptors (Lipinski definition) is 5. The molecule has 7 nitrogen and oxygen atoms in total. The summed E-state index contributed by atoms with van der Waals surface area (Å²) in [5, 5.41) is 4.19. The van der Waals surface area contributed by atoms with E-state index < -0.39 is 10.0 Å². The lowest BCUT2D eigenvalue weighted by atomic mass is 10.1. The molecule has 2 aromatic heterocycles. The zero-order valence-electron chi connectivity index (χ0n) is 17.5. The fraction of sp³-hybridized carbons (Fsp3) is 0.391. The summed E-state index contributed by atoms with van der Waals surface area (Å²) >= 11 is 0. The Balaban J connectivity index is 1.21. The second-order valence-electron chi connectivity index (χ2n) is 8.29. The van der Waals surface area contributed by atoms with Crippen molar-refractivity contribution in [1.29, 1.82) is 0 Å². The molecule has 1 saturated carbocycles. The van der Waals surface area contributed by atoms with E-state index in [-0.39, 0.29) is 0 Å². The van der Waals surface area contributed by atoms with Gasteiger partial charge in [-0.3, -0.25) is 0 Å². The molecule has 0 spiro atoms. The number of sulfonamides is 1. The highest BCUT2D eigenvalue weighted by Gasteiger charge is 2.56. The molecule has 1 aliphatic heterocycles. The molecule has 3 atom stereocenters. The van der Waals surface area contributed by atoms with E-state index in [4.69, 9.17) is 4.52 Å². The third-order valence-corrected chi connectivity index (χ3v) is 7.43. The molecule has 8 heteroatoms. The van der Waals surface area contributed by atoms with Gasteiger partial charge in [0.2, 0.25) is 10.0 Å². The SMILES string of the molecule is CCc1nccn1Cc1cc(-c2ccc(C#CC3[C@H]4CN(S(C)(=O)=O)C[C@@H]34)cc2)on1. The lowest BCUT2D eigenvalue weighted by Crippen LogP contribution is -2.30. The van der Waals surface area contributed by atoms with Crippen LogP contribution in [-0.2, 0) is 23.0 Å². The number of fused-ring (bicyclic) bond motifs is 1. The minimum atomic E-state index is -3.08. The first-order valence-corrected chi connectivity index (χ1v) is 12.3. The van der Waals surface area contributed by atoms with Crippen LogP contribution >= 0.6 is 0 Å². The topological polar surface area (TPSA) is 81.2 Å². The van der Waals surface area contributed by atoms with Gasteiger partial charge in [0.25, 0.3) is 0 Å². The van der Waals surface area contributed by atoms with Crippen molar-refractivity contribution >= 4 is 10.0 Å². The Morgan fingerprint density at radius 1 is 1.19 bits per heavy atom. The summed E-state index contributed by atoms with van der Waals surface area (Å²) in [7, 11) is -3.08. The highest BCUT2D eigenvalue weighted by Crippen LogP contribution is 2.51. The van der Waals surface area contributed by atoms with Crippen LogP contribution in [0.3, 0.4) is 0 Å². The van der Waals surface area contributed by atoms with Crippen molar-refractivity contribution in [2.45, 2.75) is 19.9 Å². The van der Waals surface area contributed by atoms with E-state index in [9.17, 15) is 8.42 Å². The minimum absolute atomic E-state index is 0.311. The number of benzene rings is 1. The molecule has 5 rings (SSSR count). The quantitative estimate of drug-likeness (QED) is 0.575. The van der Waals surface area contributed by atoms with Crippen LogP contribution in [0.4, 0.5) is 0 Å². The molecule has 2 aliphatic rings. The first-order chi connectivity index (χ1) is 14.9. The summed E-state index contributed by atoms with van der Waals surface area (Å²) in [5.74, 6) is 9.41. The lowest BCUT2D eigenvalue weighted by Gasteiger charge is -2.14. The van der Waals surface area contributed by atoms with E-state index >= 15 is 0 Å². The second-order valence-corrected chi connectivity index (χ2v) is 10.3. The summed E-state index contributed by atoms with van der Waals surface area (Å²) < 4.78 is 32.4. The zero-order chi connectivity index (χ0) is 21.6. The Morgan fingerprint density at radius 3 is 2.61 bits per heavy atom. The van der Waals surface area contributed by atoms with Gasteiger partial charge in [0.1, 0.15) is 11.5 Å². The number of nitrogens with zero attached hydrogens (tertiary/aromatic N) is 4. The predicted octanol–water partition coefficient (Wildman–Crippen LogP) is 2.64. The summed E-state index contributed by atoms with van der Waals surface area (Å²) in [6, 6.07) is 9.90. The maximum atomic E-state index is 11.6. The number of aryl methyl sites for hydroxylation is 1. The van der Waals surface area contributed by atoms with Crippen LogP contribution in [0.25, 0.3) is 11.3 Å². The van der Waals surface area contributed by atoms with Crippen LogP contribution in [0.5, 0.6) is 0 Å². The Morgan fingerprint density at radius 2 is 1.94 bits per heavy atom. The standard InChI is InChI=1S/C23H24N4O3S/c1-3-23-24-10-11-26(23)13-18-12-22(30-25-18)17-7-4-16(5-8-17)6-9-19-20-14-27(15-21(19)20)31(2,28)29/h4-5,7-8,10-12,19-21H,3,13-15H2,1-2H3/t19?,20-,21+. The Labute approximate surface area is 182 Å². The van der Waals surface area contributed by atoms with Crippen LogP contribution in [0.2, 0.25) is 0 Å². The third-order valence-electron chi connectivity index (χ3n) is 6.19. The van der Waals surface area contributed by atoms with Crippen LogP contribution in [0.15, 0.2) is 47.2 Å². The summed E-state index contributed by atoms with van der Waals surface area (Å²) in [5.41, 5.74) is 2.76. The molecule has 3 aromatic rings. The van der Waals surface area contributed by atoms with Crippen LogP contribution in [0.1, 0.15) is 24.0 Å². The fourth-order valence-electron chi connectivity index (χ4n) is 4.35. The van der Waals surface area contributed by atoms with Crippen molar-refractivity contribution in [2.75, 3.05) is 19.3 Å². The normalized spacial score (nSPS) is 22.7. The van der Waals surface area contributed by atoms with E-state index in [2.05, 4.69) is 33.5 Å². The van der Waals surface area contributed by atoms with Gasteiger partial charge in [-0.15, -0.1) is 0 Å². The van der Waals surface area contributed by atoms with E-state index in [1.54, 1.807) is 10.5 Å². The van der Waals surface area contributed by atoms with Crippen molar-refractivity contribution in [1.82, 2.24) is 19.0 Å². The monoisotopic (exact) mass is 436 g/mol. The van der Waals surface area contributed by atoms with Crippen LogP contribution < -0.4 is 0 Å². The number of hydrogen-bond donors (Lipinski definition) is 0. The van der Waals surface area contributed by atoms with Gasteiger partial charge in [-0.2, -0.15) is 0 Å². The van der Waals surface area contributed by atoms with E-state index in [0.717, 1.165) is 34.8 Å². The summed E-state index contributed by atoms with van der Waals surface area (Å²) in [6.45, 7) is 3.93. The molecular weight excluding hydrogens is 412 g/mol. The number of rotatable bonds is 5. The van der Waals surface area contributed by atoms with Gasteiger partial charge < -0.3 is 9.09 Å². The first-order valence-electron chi connectivity index (χ1n) is 10.4. The van der Waals surface area contributed by atoms with Gasteiger partial charge in [-0.1, -0.05) is 23.9 Å². The number of imidazole rings is 1. The van der Waals surface area contributed by atoms with E-state index in [0.29, 0.717) is 37.4 Å². The molecule has 0 N–H and O–H groups in total. The molecule has 0 amide bonds. The van der Waals surface area contributed by atoms with Gasteiger partial charge in [-0.05, 0) is 36.1 Å². The largest absolute Gasteiger partial charge is 0.356 e. The van der Waals surface area contributed by atoms with Gasteiger partial charge in [0.05, 0.1) is 12.8 Å². The molecule has 1 unspecified atom stereocenters. The lowest BCUT2D eigenvalue weighted by molar-refractivity contribution is 0.421. The number of piperidine rings is 1. The Hall–Kier alpha value is -2.89. The van der Waals surface area contributed by atoms with Crippen LogP contribution in [0, 0.1) is 29.6 Å². The van der Waals surface area contributed by atoms with E-state index in [1.165, 1.54) is 6.26 Å². The van der Waals surface area contributed by atoms with Crippen molar-refractivity contribution in [3.8, 4) is 23.2 Å².